The Hall–Kier alpha value is -2.44. The van der Waals surface area contributed by atoms with Crippen LogP contribution in [0.5, 0.6) is 0 Å². The monoisotopic (exact) mass is 294 g/mol. The van der Waals surface area contributed by atoms with Gasteiger partial charge < -0.3 is 10.0 Å². The molecule has 1 atom stereocenters. The van der Waals surface area contributed by atoms with Gasteiger partial charge >= 0.3 is 5.97 Å². The summed E-state index contributed by atoms with van der Waals surface area (Å²) >= 11 is 0. The molecule has 0 bridgehead atoms. The predicted octanol–water partition coefficient (Wildman–Crippen LogP) is 2.23. The van der Waals surface area contributed by atoms with E-state index in [1.165, 1.54) is 30.0 Å². The van der Waals surface area contributed by atoms with Crippen LogP contribution in [0, 0.1) is 17.0 Å². The highest BCUT2D eigenvalue weighted by Crippen LogP contribution is 2.23. The maximum Gasteiger partial charge on any atom is 0.305 e. The van der Waals surface area contributed by atoms with Gasteiger partial charge in [0.2, 0.25) is 0 Å². The van der Waals surface area contributed by atoms with Crippen molar-refractivity contribution in [3.8, 4) is 0 Å². The van der Waals surface area contributed by atoms with Crippen LogP contribution >= 0.6 is 0 Å². The maximum atomic E-state index is 12.5. The van der Waals surface area contributed by atoms with Gasteiger partial charge in [0.25, 0.3) is 11.6 Å². The van der Waals surface area contributed by atoms with Gasteiger partial charge in [0.1, 0.15) is 0 Å². The second-order valence-electron chi connectivity index (χ2n) is 4.74. The summed E-state index contributed by atoms with van der Waals surface area (Å²) in [5, 5.41) is 19.7. The van der Waals surface area contributed by atoms with Crippen LogP contribution in [0.4, 0.5) is 5.69 Å². The van der Waals surface area contributed by atoms with Gasteiger partial charge in [-0.15, -0.1) is 0 Å². The fourth-order valence-corrected chi connectivity index (χ4v) is 2.23. The summed E-state index contributed by atoms with van der Waals surface area (Å²) in [6.07, 6.45) is -0.173. The summed E-state index contributed by atoms with van der Waals surface area (Å²) < 4.78 is 0. The van der Waals surface area contributed by atoms with Gasteiger partial charge in [-0.3, -0.25) is 19.7 Å². The van der Waals surface area contributed by atoms with Crippen LogP contribution in [0.1, 0.15) is 36.2 Å². The van der Waals surface area contributed by atoms with Crippen molar-refractivity contribution in [2.45, 2.75) is 33.2 Å². The molecule has 7 heteroatoms. The molecule has 0 aliphatic carbocycles. The molecule has 0 radical (unpaired) electrons. The fraction of sp³-hybridized carbons (Fsp3) is 0.429. The number of nitrogens with zero attached hydrogens (tertiary/aromatic N) is 2. The molecule has 0 aromatic heterocycles. The molecule has 0 spiro atoms. The van der Waals surface area contributed by atoms with Gasteiger partial charge in [-0.25, -0.2) is 0 Å². The Labute approximate surface area is 122 Å². The molecule has 1 aromatic carbocycles. The summed E-state index contributed by atoms with van der Waals surface area (Å²) in [7, 11) is 0. The van der Waals surface area contributed by atoms with Crippen molar-refractivity contribution in [2.75, 3.05) is 6.54 Å². The number of benzene rings is 1. The molecule has 1 aromatic rings. The maximum absolute atomic E-state index is 12.5. The molecule has 1 amide bonds. The Morgan fingerprint density at radius 2 is 2.05 bits per heavy atom. The Kier molecular flexibility index (Phi) is 5.40. The van der Waals surface area contributed by atoms with Gasteiger partial charge in [-0.1, -0.05) is 6.07 Å². The summed E-state index contributed by atoms with van der Waals surface area (Å²) in [5.74, 6) is -1.39. The molecule has 21 heavy (non-hydrogen) atoms. The van der Waals surface area contributed by atoms with Gasteiger partial charge in [0, 0.05) is 29.8 Å². The van der Waals surface area contributed by atoms with Crippen molar-refractivity contribution in [1.82, 2.24) is 4.90 Å². The third-order valence-corrected chi connectivity index (χ3v) is 3.34. The lowest BCUT2D eigenvalue weighted by Crippen LogP contribution is -2.40. The van der Waals surface area contributed by atoms with Crippen LogP contribution in [0.15, 0.2) is 18.2 Å². The van der Waals surface area contributed by atoms with Crippen LogP contribution in [-0.4, -0.2) is 39.4 Å². The Bertz CT molecular complexity index is 570. The summed E-state index contributed by atoms with van der Waals surface area (Å²) in [6, 6.07) is 3.82. The molecule has 0 saturated carbocycles. The largest absolute Gasteiger partial charge is 0.481 e. The molecular weight excluding hydrogens is 276 g/mol. The fourth-order valence-electron chi connectivity index (χ4n) is 2.23. The van der Waals surface area contributed by atoms with Crippen LogP contribution in [-0.2, 0) is 4.79 Å². The highest BCUT2D eigenvalue weighted by molar-refractivity contribution is 5.97. The summed E-state index contributed by atoms with van der Waals surface area (Å²) in [4.78, 5) is 35.1. The number of hydrogen-bond donors (Lipinski definition) is 1. The lowest BCUT2D eigenvalue weighted by Gasteiger charge is -2.27. The topological polar surface area (TPSA) is 101 Å². The molecule has 0 aliphatic rings. The van der Waals surface area contributed by atoms with E-state index < -0.39 is 22.8 Å². The van der Waals surface area contributed by atoms with Crippen molar-refractivity contribution in [1.29, 1.82) is 0 Å². The normalized spacial score (nSPS) is 11.8. The van der Waals surface area contributed by atoms with Crippen molar-refractivity contribution in [3.05, 3.63) is 39.4 Å². The average molecular weight is 294 g/mol. The average Bonchev–Trinajstić information content (AvgIpc) is 2.38. The van der Waals surface area contributed by atoms with E-state index in [9.17, 15) is 19.7 Å². The molecule has 1 rings (SSSR count). The Balaban J connectivity index is 3.14. The summed E-state index contributed by atoms with van der Waals surface area (Å²) in [5.41, 5.74) is 0.388. The molecule has 114 valence electrons. The van der Waals surface area contributed by atoms with E-state index in [0.29, 0.717) is 6.54 Å². The smallest absolute Gasteiger partial charge is 0.305 e. The van der Waals surface area contributed by atoms with Crippen molar-refractivity contribution in [3.63, 3.8) is 0 Å². The van der Waals surface area contributed by atoms with E-state index in [1.807, 2.05) is 0 Å². The van der Waals surface area contributed by atoms with Crippen molar-refractivity contribution in [2.24, 2.45) is 0 Å². The number of aliphatic carboxylic acids is 1. The van der Waals surface area contributed by atoms with Gasteiger partial charge in [-0.2, -0.15) is 0 Å². The molecule has 1 N–H and O–H groups in total. The summed E-state index contributed by atoms with van der Waals surface area (Å²) in [6.45, 7) is 5.22. The standard InChI is InChI=1S/C14H18N2O5/c1-4-15(9(2)8-13(17)18)14(19)11-6-5-7-12(10(11)3)16(20)21/h5-7,9H,4,8H2,1-3H3,(H,17,18). The zero-order chi connectivity index (χ0) is 16.2. The number of carbonyl (C=O) groups excluding carboxylic acids is 1. The van der Waals surface area contributed by atoms with Crippen LogP contribution < -0.4 is 0 Å². The van der Waals surface area contributed by atoms with E-state index in [-0.39, 0.29) is 23.2 Å². The van der Waals surface area contributed by atoms with Crippen molar-refractivity contribution >= 4 is 17.6 Å². The minimum Gasteiger partial charge on any atom is -0.481 e. The molecule has 0 fully saturated rings. The van der Waals surface area contributed by atoms with E-state index in [2.05, 4.69) is 0 Å². The third kappa shape index (κ3) is 3.77. The van der Waals surface area contributed by atoms with E-state index >= 15 is 0 Å². The quantitative estimate of drug-likeness (QED) is 0.640. The number of nitro benzene ring substituents is 1. The van der Waals surface area contributed by atoms with E-state index in [1.54, 1.807) is 13.8 Å². The first-order chi connectivity index (χ1) is 9.79. The minimum atomic E-state index is -0.996. The number of carbonyl (C=O) groups is 2. The second-order valence-corrected chi connectivity index (χ2v) is 4.74. The number of rotatable bonds is 6. The molecule has 0 heterocycles. The Morgan fingerprint density at radius 1 is 1.43 bits per heavy atom. The zero-order valence-electron chi connectivity index (χ0n) is 12.2. The van der Waals surface area contributed by atoms with Crippen LogP contribution in [0.2, 0.25) is 0 Å². The van der Waals surface area contributed by atoms with Gasteiger partial charge in [0.15, 0.2) is 0 Å². The predicted molar refractivity (Wildman–Crippen MR) is 76.3 cm³/mol. The zero-order valence-corrected chi connectivity index (χ0v) is 12.2. The van der Waals surface area contributed by atoms with Gasteiger partial charge in [0.05, 0.1) is 11.3 Å². The first-order valence-electron chi connectivity index (χ1n) is 6.56. The lowest BCUT2D eigenvalue weighted by molar-refractivity contribution is -0.385. The molecule has 0 aliphatic heterocycles. The molecule has 1 unspecified atom stereocenters. The first kappa shape index (κ1) is 16.6. The van der Waals surface area contributed by atoms with Crippen molar-refractivity contribution < 1.29 is 19.6 Å². The molecule has 7 nitrogen and oxygen atoms in total. The molecular formula is C14H18N2O5. The van der Waals surface area contributed by atoms with E-state index in [4.69, 9.17) is 5.11 Å². The number of carboxylic acids is 1. The van der Waals surface area contributed by atoms with Crippen LogP contribution in [0.3, 0.4) is 0 Å². The SMILES string of the molecule is CCN(C(=O)c1cccc([N+](=O)[O-])c1C)C(C)CC(=O)O. The lowest BCUT2D eigenvalue weighted by atomic mass is 10.0. The number of amides is 1. The van der Waals surface area contributed by atoms with Crippen LogP contribution in [0.25, 0.3) is 0 Å². The number of carboxylic acid groups (broad SMARTS) is 1. The second kappa shape index (κ2) is 6.83. The van der Waals surface area contributed by atoms with Gasteiger partial charge in [-0.05, 0) is 26.8 Å². The number of nitro groups is 1. The number of hydrogen-bond acceptors (Lipinski definition) is 4. The Morgan fingerprint density at radius 3 is 2.52 bits per heavy atom. The third-order valence-electron chi connectivity index (χ3n) is 3.34. The first-order valence-corrected chi connectivity index (χ1v) is 6.56. The highest BCUT2D eigenvalue weighted by Gasteiger charge is 2.25. The molecule has 0 saturated heterocycles. The highest BCUT2D eigenvalue weighted by atomic mass is 16.6. The minimum absolute atomic E-state index is 0.122. The van der Waals surface area contributed by atoms with E-state index in [0.717, 1.165) is 0 Å².